The molecule has 23 heavy (non-hydrogen) atoms. The summed E-state index contributed by atoms with van der Waals surface area (Å²) in [6.07, 6.45) is 7.05. The Kier molecular flexibility index (Phi) is 3.87. The van der Waals surface area contributed by atoms with E-state index in [0.29, 0.717) is 24.2 Å². The Hall–Kier alpha value is -2.14. The van der Waals surface area contributed by atoms with Crippen molar-refractivity contribution in [1.29, 1.82) is 0 Å². The Morgan fingerprint density at radius 1 is 1.17 bits per heavy atom. The predicted octanol–water partition coefficient (Wildman–Crippen LogP) is 1.90. The van der Waals surface area contributed by atoms with Crippen molar-refractivity contribution < 1.29 is 4.79 Å². The summed E-state index contributed by atoms with van der Waals surface area (Å²) in [6.45, 7) is 2.36. The van der Waals surface area contributed by atoms with Crippen LogP contribution in [0.25, 0.3) is 0 Å². The second-order valence-electron chi connectivity index (χ2n) is 6.59. The van der Waals surface area contributed by atoms with Gasteiger partial charge in [0, 0.05) is 31.4 Å². The Bertz CT molecular complexity index is 681. The van der Waals surface area contributed by atoms with E-state index in [-0.39, 0.29) is 5.91 Å². The summed E-state index contributed by atoms with van der Waals surface area (Å²) in [6, 6.07) is 11.2. The highest BCUT2D eigenvalue weighted by Crippen LogP contribution is 2.21. The van der Waals surface area contributed by atoms with Gasteiger partial charge in [0.1, 0.15) is 0 Å². The van der Waals surface area contributed by atoms with Crippen LogP contribution in [0.15, 0.2) is 42.7 Å². The van der Waals surface area contributed by atoms with Crippen LogP contribution in [0, 0.1) is 0 Å². The lowest BCUT2D eigenvalue weighted by atomic mass is 10.1. The molecule has 4 rings (SSSR count). The summed E-state index contributed by atoms with van der Waals surface area (Å²) in [5.41, 5.74) is 1.88. The molecule has 1 amide bonds. The Morgan fingerprint density at radius 3 is 2.87 bits per heavy atom. The number of carbonyl (C=O) groups is 1. The Labute approximate surface area is 136 Å². The van der Waals surface area contributed by atoms with Gasteiger partial charge in [0.05, 0.1) is 18.3 Å². The number of aromatic nitrogens is 2. The molecule has 0 spiro atoms. The molecule has 2 unspecified atom stereocenters. The lowest BCUT2D eigenvalue weighted by molar-refractivity contribution is 0.0748. The molecule has 2 bridgehead atoms. The van der Waals surface area contributed by atoms with E-state index in [4.69, 9.17) is 0 Å². The monoisotopic (exact) mass is 310 g/mol. The van der Waals surface area contributed by atoms with Gasteiger partial charge < -0.3 is 10.2 Å². The van der Waals surface area contributed by atoms with Crippen LogP contribution >= 0.6 is 0 Å². The maximum absolute atomic E-state index is 12.7. The van der Waals surface area contributed by atoms with E-state index in [1.165, 1.54) is 18.4 Å². The number of nitrogens with zero attached hydrogens (tertiary/aromatic N) is 3. The van der Waals surface area contributed by atoms with Gasteiger partial charge in [-0.3, -0.25) is 9.48 Å². The number of rotatable bonds is 3. The second kappa shape index (κ2) is 6.16. The van der Waals surface area contributed by atoms with Crippen molar-refractivity contribution in [3.63, 3.8) is 0 Å². The van der Waals surface area contributed by atoms with Crippen molar-refractivity contribution in [3.8, 4) is 0 Å². The fourth-order valence-electron chi connectivity index (χ4n) is 3.64. The maximum atomic E-state index is 12.7. The molecule has 2 aliphatic rings. The molecule has 0 saturated carbocycles. The van der Waals surface area contributed by atoms with Crippen molar-refractivity contribution in [2.24, 2.45) is 0 Å². The molecular weight excluding hydrogens is 288 g/mol. The zero-order chi connectivity index (χ0) is 15.6. The molecule has 5 nitrogen and oxygen atoms in total. The third kappa shape index (κ3) is 3.15. The first-order valence-corrected chi connectivity index (χ1v) is 8.39. The van der Waals surface area contributed by atoms with Gasteiger partial charge in [-0.1, -0.05) is 30.3 Å². The van der Waals surface area contributed by atoms with Crippen LogP contribution in [0.1, 0.15) is 35.2 Å². The van der Waals surface area contributed by atoms with Crippen LogP contribution in [-0.4, -0.2) is 45.8 Å². The van der Waals surface area contributed by atoms with Crippen LogP contribution in [0.2, 0.25) is 0 Å². The zero-order valence-corrected chi connectivity index (χ0v) is 13.2. The molecule has 1 aromatic carbocycles. The molecule has 2 fully saturated rings. The van der Waals surface area contributed by atoms with E-state index in [2.05, 4.69) is 22.5 Å². The number of hydrogen-bond donors (Lipinski definition) is 1. The summed E-state index contributed by atoms with van der Waals surface area (Å²) >= 11 is 0. The fourth-order valence-corrected chi connectivity index (χ4v) is 3.64. The number of likely N-dealkylation sites (tertiary alicyclic amines) is 1. The Morgan fingerprint density at radius 2 is 2.00 bits per heavy atom. The molecule has 5 heteroatoms. The van der Waals surface area contributed by atoms with Crippen molar-refractivity contribution in [2.75, 3.05) is 13.1 Å². The minimum Gasteiger partial charge on any atom is -0.337 e. The molecule has 1 aromatic heterocycles. The van der Waals surface area contributed by atoms with Gasteiger partial charge in [-0.15, -0.1) is 0 Å². The van der Waals surface area contributed by atoms with Crippen molar-refractivity contribution in [2.45, 2.75) is 37.9 Å². The van der Waals surface area contributed by atoms with Crippen LogP contribution in [0.4, 0.5) is 0 Å². The normalized spacial score (nSPS) is 23.7. The topological polar surface area (TPSA) is 50.2 Å². The van der Waals surface area contributed by atoms with Gasteiger partial charge in [0.15, 0.2) is 0 Å². The van der Waals surface area contributed by atoms with Crippen molar-refractivity contribution in [3.05, 3.63) is 53.9 Å². The molecule has 0 aliphatic carbocycles. The lowest BCUT2D eigenvalue weighted by Crippen LogP contribution is -2.38. The van der Waals surface area contributed by atoms with E-state index >= 15 is 0 Å². The van der Waals surface area contributed by atoms with Gasteiger partial charge in [0.2, 0.25) is 0 Å². The van der Waals surface area contributed by atoms with E-state index in [1.54, 1.807) is 6.20 Å². The van der Waals surface area contributed by atoms with E-state index in [9.17, 15) is 4.79 Å². The number of carbonyl (C=O) groups excluding carboxylic acids is 1. The summed E-state index contributed by atoms with van der Waals surface area (Å²) in [7, 11) is 0. The summed E-state index contributed by atoms with van der Waals surface area (Å²) < 4.78 is 1.84. The molecule has 0 radical (unpaired) electrons. The molecule has 2 atom stereocenters. The Balaban J connectivity index is 1.44. The average Bonchev–Trinajstić information content (AvgIpc) is 3.14. The van der Waals surface area contributed by atoms with Crippen LogP contribution in [0.3, 0.4) is 0 Å². The largest absolute Gasteiger partial charge is 0.337 e. The number of nitrogens with one attached hydrogen (secondary N) is 1. The summed E-state index contributed by atoms with van der Waals surface area (Å²) in [5.74, 6) is 0.110. The average molecular weight is 310 g/mol. The third-order valence-electron chi connectivity index (χ3n) is 4.88. The van der Waals surface area contributed by atoms with Gasteiger partial charge in [-0.2, -0.15) is 5.10 Å². The molecule has 3 heterocycles. The van der Waals surface area contributed by atoms with Gasteiger partial charge in [-0.05, 0) is 24.8 Å². The minimum atomic E-state index is 0.110. The minimum absolute atomic E-state index is 0.110. The predicted molar refractivity (Wildman–Crippen MR) is 88.2 cm³/mol. The standard InChI is InChI=1S/C18H22N4O/c23-18(21-9-8-16-6-7-17(13-21)20-16)15-10-19-22(12-15)11-14-4-2-1-3-5-14/h1-5,10,12,16-17,20H,6-9,11,13H2. The highest BCUT2D eigenvalue weighted by atomic mass is 16.2. The lowest BCUT2D eigenvalue weighted by Gasteiger charge is -2.23. The SMILES string of the molecule is O=C(c1cnn(Cc2ccccc2)c1)N1CCC2CCC(C1)N2. The molecule has 120 valence electrons. The third-order valence-corrected chi connectivity index (χ3v) is 4.88. The quantitative estimate of drug-likeness (QED) is 0.942. The van der Waals surface area contributed by atoms with Crippen LogP contribution < -0.4 is 5.32 Å². The van der Waals surface area contributed by atoms with E-state index in [1.807, 2.05) is 34.0 Å². The van der Waals surface area contributed by atoms with Crippen molar-refractivity contribution in [1.82, 2.24) is 20.0 Å². The number of fused-ring (bicyclic) bond motifs is 2. The van der Waals surface area contributed by atoms with Gasteiger partial charge >= 0.3 is 0 Å². The summed E-state index contributed by atoms with van der Waals surface area (Å²) in [5, 5.41) is 7.96. The van der Waals surface area contributed by atoms with E-state index in [0.717, 1.165) is 19.5 Å². The first kappa shape index (κ1) is 14.5. The first-order chi connectivity index (χ1) is 11.3. The molecule has 1 N–H and O–H groups in total. The van der Waals surface area contributed by atoms with Crippen molar-refractivity contribution >= 4 is 5.91 Å². The van der Waals surface area contributed by atoms with Crippen LogP contribution in [-0.2, 0) is 6.54 Å². The van der Waals surface area contributed by atoms with Crippen LogP contribution in [0.5, 0.6) is 0 Å². The number of benzene rings is 1. The molecular formula is C18H22N4O. The highest BCUT2D eigenvalue weighted by molar-refractivity contribution is 5.93. The smallest absolute Gasteiger partial charge is 0.257 e. The highest BCUT2D eigenvalue weighted by Gasteiger charge is 2.31. The molecule has 2 aromatic rings. The fraction of sp³-hybridized carbons (Fsp3) is 0.444. The van der Waals surface area contributed by atoms with E-state index < -0.39 is 0 Å². The first-order valence-electron chi connectivity index (χ1n) is 8.39. The van der Waals surface area contributed by atoms with Gasteiger partial charge in [0.25, 0.3) is 5.91 Å². The number of hydrogen-bond acceptors (Lipinski definition) is 3. The summed E-state index contributed by atoms with van der Waals surface area (Å²) in [4.78, 5) is 14.7. The zero-order valence-electron chi connectivity index (χ0n) is 13.2. The number of amides is 1. The second-order valence-corrected chi connectivity index (χ2v) is 6.59. The molecule has 2 saturated heterocycles. The molecule has 2 aliphatic heterocycles. The van der Waals surface area contributed by atoms with Gasteiger partial charge in [-0.25, -0.2) is 0 Å². The maximum Gasteiger partial charge on any atom is 0.257 e.